The summed E-state index contributed by atoms with van der Waals surface area (Å²) in [6, 6.07) is 3.89. The highest BCUT2D eigenvalue weighted by Gasteiger charge is 2.25. The third-order valence-corrected chi connectivity index (χ3v) is 3.70. The van der Waals surface area contributed by atoms with Gasteiger partial charge in [0, 0.05) is 24.7 Å². The predicted octanol–water partition coefficient (Wildman–Crippen LogP) is 0.438. The number of benzene rings is 1. The van der Waals surface area contributed by atoms with E-state index in [0.29, 0.717) is 25.9 Å². The van der Waals surface area contributed by atoms with Crippen LogP contribution in [0.2, 0.25) is 0 Å². The second-order valence-electron chi connectivity index (χ2n) is 5.33. The molecule has 8 heteroatoms. The van der Waals surface area contributed by atoms with Gasteiger partial charge in [-0.2, -0.15) is 5.26 Å². The first-order valence-electron chi connectivity index (χ1n) is 7.13. The van der Waals surface area contributed by atoms with Crippen LogP contribution in [0.25, 0.3) is 0 Å². The zero-order chi connectivity index (χ0) is 17.0. The minimum Gasteiger partial charge on any atom is -0.504 e. The fourth-order valence-electron chi connectivity index (χ4n) is 2.49. The molecule has 1 heterocycles. The van der Waals surface area contributed by atoms with Crippen molar-refractivity contribution in [3.8, 4) is 23.3 Å². The van der Waals surface area contributed by atoms with Crippen LogP contribution in [0, 0.1) is 11.3 Å². The summed E-state index contributed by atoms with van der Waals surface area (Å²) in [4.78, 5) is 25.2. The van der Waals surface area contributed by atoms with Gasteiger partial charge in [-0.05, 0) is 25.0 Å². The van der Waals surface area contributed by atoms with E-state index >= 15 is 0 Å². The first-order valence-corrected chi connectivity index (χ1v) is 7.13. The van der Waals surface area contributed by atoms with E-state index in [1.165, 1.54) is 4.90 Å². The molecule has 23 heavy (non-hydrogen) atoms. The lowest BCUT2D eigenvalue weighted by atomic mass is 10.0. The molecule has 122 valence electrons. The largest absolute Gasteiger partial charge is 0.504 e. The van der Waals surface area contributed by atoms with Crippen LogP contribution in [-0.2, 0) is 4.79 Å². The maximum atomic E-state index is 12.3. The van der Waals surface area contributed by atoms with E-state index in [4.69, 9.17) is 5.26 Å². The van der Waals surface area contributed by atoms with Crippen LogP contribution < -0.4 is 5.32 Å². The number of likely N-dealkylation sites (tertiary alicyclic amines) is 1. The van der Waals surface area contributed by atoms with Crippen molar-refractivity contribution in [2.75, 3.05) is 13.1 Å². The fraction of sp³-hybridized carbons (Fsp3) is 0.400. The predicted molar refractivity (Wildman–Crippen MR) is 78.7 cm³/mol. The Morgan fingerprint density at radius 3 is 2.30 bits per heavy atom. The lowest BCUT2D eigenvalue weighted by molar-refractivity contribution is -0.121. The maximum Gasteiger partial charge on any atom is 0.254 e. The summed E-state index contributed by atoms with van der Waals surface area (Å²) in [6.07, 6.45) is 0.920. The van der Waals surface area contributed by atoms with Gasteiger partial charge in [0.25, 0.3) is 5.91 Å². The molecule has 0 atom stereocenters. The molecule has 0 spiro atoms. The van der Waals surface area contributed by atoms with E-state index in [9.17, 15) is 24.9 Å². The number of nitriles is 1. The summed E-state index contributed by atoms with van der Waals surface area (Å²) in [5.41, 5.74) is 0.0739. The first kappa shape index (κ1) is 16.4. The minimum atomic E-state index is -0.666. The van der Waals surface area contributed by atoms with Crippen molar-refractivity contribution < 1.29 is 24.9 Å². The van der Waals surface area contributed by atoms with E-state index in [1.807, 2.05) is 0 Å². The quantitative estimate of drug-likeness (QED) is 0.597. The summed E-state index contributed by atoms with van der Waals surface area (Å²) in [5.74, 6) is -2.50. The molecule has 1 aromatic rings. The summed E-state index contributed by atoms with van der Waals surface area (Å²) in [5, 5.41) is 39.4. The molecule has 1 fully saturated rings. The van der Waals surface area contributed by atoms with Crippen LogP contribution in [0.5, 0.6) is 17.2 Å². The Morgan fingerprint density at radius 1 is 1.22 bits per heavy atom. The highest BCUT2D eigenvalue weighted by molar-refractivity contribution is 5.95. The third-order valence-electron chi connectivity index (χ3n) is 3.70. The Morgan fingerprint density at radius 2 is 1.78 bits per heavy atom. The minimum absolute atomic E-state index is 0.0739. The van der Waals surface area contributed by atoms with Crippen LogP contribution in [-0.4, -0.2) is 51.2 Å². The molecule has 2 rings (SSSR count). The fourth-order valence-corrected chi connectivity index (χ4v) is 2.49. The van der Waals surface area contributed by atoms with E-state index in [0.717, 1.165) is 12.1 Å². The summed E-state index contributed by atoms with van der Waals surface area (Å²) >= 11 is 0. The maximum absolute atomic E-state index is 12.3. The van der Waals surface area contributed by atoms with E-state index < -0.39 is 17.2 Å². The van der Waals surface area contributed by atoms with Crippen LogP contribution in [0.1, 0.15) is 29.6 Å². The average Bonchev–Trinajstić information content (AvgIpc) is 2.52. The van der Waals surface area contributed by atoms with Crippen LogP contribution in [0.3, 0.4) is 0 Å². The Kier molecular flexibility index (Phi) is 4.91. The van der Waals surface area contributed by atoms with Crippen molar-refractivity contribution in [2.24, 2.45) is 0 Å². The molecule has 0 aliphatic carbocycles. The van der Waals surface area contributed by atoms with Gasteiger partial charge in [0.1, 0.15) is 6.42 Å². The van der Waals surface area contributed by atoms with Gasteiger partial charge in [-0.1, -0.05) is 0 Å². The summed E-state index contributed by atoms with van der Waals surface area (Å²) in [7, 11) is 0. The lowest BCUT2D eigenvalue weighted by Crippen LogP contribution is -2.46. The van der Waals surface area contributed by atoms with Crippen LogP contribution in [0.15, 0.2) is 12.1 Å². The highest BCUT2D eigenvalue weighted by atomic mass is 16.3. The number of hydrogen-bond acceptors (Lipinski definition) is 6. The molecule has 8 nitrogen and oxygen atoms in total. The van der Waals surface area contributed by atoms with Gasteiger partial charge >= 0.3 is 0 Å². The number of piperidine rings is 1. The number of rotatable bonds is 3. The summed E-state index contributed by atoms with van der Waals surface area (Å²) in [6.45, 7) is 0.803. The van der Waals surface area contributed by atoms with Crippen molar-refractivity contribution in [1.29, 1.82) is 5.26 Å². The van der Waals surface area contributed by atoms with Crippen molar-refractivity contribution in [2.45, 2.75) is 25.3 Å². The second-order valence-corrected chi connectivity index (χ2v) is 5.33. The molecule has 0 saturated carbocycles. The molecular formula is C15H17N3O5. The normalized spacial score (nSPS) is 15.0. The first-order chi connectivity index (χ1) is 10.9. The Labute approximate surface area is 132 Å². The van der Waals surface area contributed by atoms with Gasteiger partial charge in [-0.25, -0.2) is 0 Å². The molecule has 4 N–H and O–H groups in total. The molecule has 0 radical (unpaired) electrons. The molecule has 1 saturated heterocycles. The smallest absolute Gasteiger partial charge is 0.254 e. The average molecular weight is 319 g/mol. The molecular weight excluding hydrogens is 302 g/mol. The SMILES string of the molecule is N#CCC(=O)NC1CCN(C(=O)c2cc(O)c(O)c(O)c2)CC1. The van der Waals surface area contributed by atoms with Gasteiger partial charge in [-0.3, -0.25) is 9.59 Å². The molecule has 2 amide bonds. The molecule has 0 unspecified atom stereocenters. The highest BCUT2D eigenvalue weighted by Crippen LogP contribution is 2.35. The van der Waals surface area contributed by atoms with Gasteiger partial charge in [-0.15, -0.1) is 0 Å². The van der Waals surface area contributed by atoms with E-state index in [1.54, 1.807) is 6.07 Å². The number of hydrogen-bond donors (Lipinski definition) is 4. The van der Waals surface area contributed by atoms with Crippen molar-refractivity contribution in [1.82, 2.24) is 10.2 Å². The lowest BCUT2D eigenvalue weighted by Gasteiger charge is -2.32. The Hall–Kier alpha value is -2.95. The van der Waals surface area contributed by atoms with Gasteiger partial charge in [0.05, 0.1) is 6.07 Å². The number of nitrogens with one attached hydrogen (secondary N) is 1. The van der Waals surface area contributed by atoms with E-state index in [-0.39, 0.29) is 29.8 Å². The number of phenolic OH excluding ortho intramolecular Hbond substituents is 3. The van der Waals surface area contributed by atoms with E-state index in [2.05, 4.69) is 5.32 Å². The molecule has 0 aromatic heterocycles. The Bertz CT molecular complexity index is 637. The molecule has 1 aliphatic rings. The zero-order valence-corrected chi connectivity index (χ0v) is 12.3. The number of aromatic hydroxyl groups is 3. The van der Waals surface area contributed by atoms with Gasteiger partial charge in [0.2, 0.25) is 5.91 Å². The second kappa shape index (κ2) is 6.87. The zero-order valence-electron chi connectivity index (χ0n) is 12.3. The summed E-state index contributed by atoms with van der Waals surface area (Å²) < 4.78 is 0. The number of nitrogens with zero attached hydrogens (tertiary/aromatic N) is 2. The van der Waals surface area contributed by atoms with Crippen molar-refractivity contribution in [3.05, 3.63) is 17.7 Å². The number of phenols is 3. The topological polar surface area (TPSA) is 134 Å². The standard InChI is InChI=1S/C15H17N3O5/c16-4-1-13(21)17-10-2-5-18(6-3-10)15(23)9-7-11(19)14(22)12(20)8-9/h7-8,10,19-20,22H,1-3,5-6H2,(H,17,21). The number of carbonyl (C=O) groups excluding carboxylic acids is 2. The number of amides is 2. The third kappa shape index (κ3) is 3.83. The Balaban J connectivity index is 1.96. The van der Waals surface area contributed by atoms with Crippen LogP contribution in [0.4, 0.5) is 0 Å². The van der Waals surface area contributed by atoms with Crippen molar-refractivity contribution in [3.63, 3.8) is 0 Å². The van der Waals surface area contributed by atoms with Crippen LogP contribution >= 0.6 is 0 Å². The van der Waals surface area contributed by atoms with Gasteiger partial charge in [0.15, 0.2) is 17.2 Å². The monoisotopic (exact) mass is 319 g/mol. The molecule has 1 aromatic carbocycles. The van der Waals surface area contributed by atoms with Crippen molar-refractivity contribution >= 4 is 11.8 Å². The number of carbonyl (C=O) groups is 2. The molecule has 0 bridgehead atoms. The van der Waals surface area contributed by atoms with Gasteiger partial charge < -0.3 is 25.5 Å². The molecule has 1 aliphatic heterocycles.